The lowest BCUT2D eigenvalue weighted by Gasteiger charge is -2.27. The van der Waals surface area contributed by atoms with E-state index in [9.17, 15) is 0 Å². The summed E-state index contributed by atoms with van der Waals surface area (Å²) in [4.78, 5) is 3.16. The van der Waals surface area contributed by atoms with E-state index in [0.717, 1.165) is 23.6 Å². The third kappa shape index (κ3) is 1.98. The van der Waals surface area contributed by atoms with Gasteiger partial charge >= 0.3 is 0 Å². The second-order valence-corrected chi connectivity index (χ2v) is 3.91. The van der Waals surface area contributed by atoms with Crippen LogP contribution in [0.1, 0.15) is 6.42 Å². The van der Waals surface area contributed by atoms with Crippen molar-refractivity contribution in [2.45, 2.75) is 6.42 Å². The number of fused-ring (bicyclic) bond motifs is 1. The maximum absolute atomic E-state index is 5.57. The average molecular weight is 195 g/mol. The largest absolute Gasteiger partial charge is 0.478 e. The Bertz CT molecular complexity index is 304. The molecular formula is C10H13NOS. The standard InChI is InChI=1S/C10H13NOS/c1-11-6-8-5-9(13)3-2-4-10(8)12-7-11/h3-5,13H,2,6-7H2,1H3. The number of likely N-dealkylation sites (N-methyl/N-ethyl adjacent to an activating group) is 1. The lowest BCUT2D eigenvalue weighted by Crippen LogP contribution is -2.30. The van der Waals surface area contributed by atoms with Crippen LogP contribution in [0, 0.1) is 0 Å². The maximum Gasteiger partial charge on any atom is 0.142 e. The van der Waals surface area contributed by atoms with Gasteiger partial charge in [0.05, 0.1) is 0 Å². The first-order chi connectivity index (χ1) is 6.25. The number of thiol groups is 1. The topological polar surface area (TPSA) is 12.5 Å². The van der Waals surface area contributed by atoms with Crippen molar-refractivity contribution in [3.05, 3.63) is 34.5 Å². The van der Waals surface area contributed by atoms with E-state index >= 15 is 0 Å². The molecule has 2 rings (SSSR count). The van der Waals surface area contributed by atoms with Crippen molar-refractivity contribution in [2.75, 3.05) is 20.3 Å². The zero-order valence-electron chi connectivity index (χ0n) is 7.66. The summed E-state index contributed by atoms with van der Waals surface area (Å²) in [5.74, 6) is 1.03. The van der Waals surface area contributed by atoms with E-state index in [0.29, 0.717) is 6.73 Å². The Morgan fingerprint density at radius 1 is 1.46 bits per heavy atom. The van der Waals surface area contributed by atoms with Crippen LogP contribution in [0.5, 0.6) is 0 Å². The molecule has 0 unspecified atom stereocenters. The third-order valence-electron chi connectivity index (χ3n) is 2.15. The predicted octanol–water partition coefficient (Wildman–Crippen LogP) is 1.93. The van der Waals surface area contributed by atoms with Crippen LogP contribution in [-0.4, -0.2) is 25.2 Å². The van der Waals surface area contributed by atoms with Crippen molar-refractivity contribution >= 4 is 12.6 Å². The van der Waals surface area contributed by atoms with Gasteiger partial charge < -0.3 is 4.74 Å². The monoisotopic (exact) mass is 195 g/mol. The molecule has 0 aromatic rings. The molecular weight excluding hydrogens is 182 g/mol. The van der Waals surface area contributed by atoms with Gasteiger partial charge in [0, 0.05) is 17.0 Å². The number of allylic oxidation sites excluding steroid dienone is 3. The Balaban J connectivity index is 2.27. The first kappa shape index (κ1) is 8.91. The van der Waals surface area contributed by atoms with Gasteiger partial charge in [0.2, 0.25) is 0 Å². The highest BCUT2D eigenvalue weighted by molar-refractivity contribution is 7.84. The second kappa shape index (κ2) is 3.60. The molecule has 0 spiro atoms. The van der Waals surface area contributed by atoms with E-state index in [1.165, 1.54) is 5.57 Å². The van der Waals surface area contributed by atoms with Crippen molar-refractivity contribution in [1.29, 1.82) is 0 Å². The first-order valence-electron chi connectivity index (χ1n) is 4.37. The molecule has 2 nitrogen and oxygen atoms in total. The molecule has 1 saturated heterocycles. The lowest BCUT2D eigenvalue weighted by molar-refractivity contribution is 0.0758. The normalized spacial score (nSPS) is 23.4. The minimum Gasteiger partial charge on any atom is -0.478 e. The predicted molar refractivity (Wildman–Crippen MR) is 56.4 cm³/mol. The summed E-state index contributed by atoms with van der Waals surface area (Å²) in [5, 5.41) is 0. The number of hydrogen-bond acceptors (Lipinski definition) is 3. The molecule has 13 heavy (non-hydrogen) atoms. The molecule has 70 valence electrons. The molecule has 1 aliphatic carbocycles. The zero-order valence-corrected chi connectivity index (χ0v) is 8.55. The number of hydrogen-bond donors (Lipinski definition) is 1. The number of rotatable bonds is 0. The Kier molecular flexibility index (Phi) is 2.47. The molecule has 0 bridgehead atoms. The van der Waals surface area contributed by atoms with Gasteiger partial charge in [-0.15, -0.1) is 12.6 Å². The molecule has 0 amide bonds. The van der Waals surface area contributed by atoms with Gasteiger partial charge in [0.1, 0.15) is 12.5 Å². The van der Waals surface area contributed by atoms with Crippen LogP contribution in [0.15, 0.2) is 34.5 Å². The van der Waals surface area contributed by atoms with Crippen molar-refractivity contribution in [3.8, 4) is 0 Å². The van der Waals surface area contributed by atoms with Crippen LogP contribution in [0.25, 0.3) is 0 Å². The summed E-state index contributed by atoms with van der Waals surface area (Å²) in [6.07, 6.45) is 7.20. The van der Waals surface area contributed by atoms with Gasteiger partial charge in [-0.25, -0.2) is 0 Å². The smallest absolute Gasteiger partial charge is 0.142 e. The molecule has 1 heterocycles. The van der Waals surface area contributed by atoms with E-state index in [1.807, 2.05) is 7.05 Å². The molecule has 0 saturated carbocycles. The summed E-state index contributed by atoms with van der Waals surface area (Å²) in [6.45, 7) is 1.63. The fourth-order valence-electron chi connectivity index (χ4n) is 1.52. The second-order valence-electron chi connectivity index (χ2n) is 3.39. The molecule has 0 aromatic heterocycles. The summed E-state index contributed by atoms with van der Waals surface area (Å²) < 4.78 is 5.57. The highest BCUT2D eigenvalue weighted by Gasteiger charge is 2.17. The fraction of sp³-hybridized carbons (Fsp3) is 0.400. The summed E-state index contributed by atoms with van der Waals surface area (Å²) in [5.41, 5.74) is 1.23. The van der Waals surface area contributed by atoms with Crippen LogP contribution in [0.4, 0.5) is 0 Å². The van der Waals surface area contributed by atoms with E-state index in [2.05, 4.69) is 35.8 Å². The molecule has 1 aliphatic heterocycles. The third-order valence-corrected chi connectivity index (χ3v) is 2.46. The highest BCUT2D eigenvalue weighted by atomic mass is 32.1. The lowest BCUT2D eigenvalue weighted by atomic mass is 10.1. The Morgan fingerprint density at radius 2 is 2.31 bits per heavy atom. The molecule has 0 radical (unpaired) electrons. The van der Waals surface area contributed by atoms with Gasteiger partial charge in [-0.05, 0) is 25.6 Å². The highest BCUT2D eigenvalue weighted by Crippen LogP contribution is 2.24. The van der Waals surface area contributed by atoms with Crippen LogP contribution in [-0.2, 0) is 4.74 Å². The van der Waals surface area contributed by atoms with Crippen molar-refractivity contribution in [2.24, 2.45) is 0 Å². The fourth-order valence-corrected chi connectivity index (χ4v) is 1.78. The quantitative estimate of drug-likeness (QED) is 0.593. The Hall–Kier alpha value is -0.670. The minimum absolute atomic E-state index is 0.686. The van der Waals surface area contributed by atoms with Crippen molar-refractivity contribution in [3.63, 3.8) is 0 Å². The molecule has 0 N–H and O–H groups in total. The molecule has 0 aromatic carbocycles. The van der Waals surface area contributed by atoms with Gasteiger partial charge in [-0.2, -0.15) is 0 Å². The van der Waals surface area contributed by atoms with Crippen LogP contribution >= 0.6 is 12.6 Å². The average Bonchev–Trinajstić information content (AvgIpc) is 2.25. The Labute approximate surface area is 84.0 Å². The summed E-state index contributed by atoms with van der Waals surface area (Å²) in [6, 6.07) is 0. The van der Waals surface area contributed by atoms with Crippen molar-refractivity contribution in [1.82, 2.24) is 4.90 Å². The summed E-state index contributed by atoms with van der Waals surface area (Å²) >= 11 is 4.35. The van der Waals surface area contributed by atoms with Gasteiger partial charge in [-0.1, -0.05) is 6.08 Å². The molecule has 2 aliphatic rings. The SMILES string of the molecule is CN1COC2=CCC=C(S)C=C2C1. The van der Waals surface area contributed by atoms with E-state index in [4.69, 9.17) is 4.74 Å². The molecule has 3 heteroatoms. The van der Waals surface area contributed by atoms with Crippen LogP contribution in [0.3, 0.4) is 0 Å². The molecule has 0 atom stereocenters. The van der Waals surface area contributed by atoms with Gasteiger partial charge in [0.25, 0.3) is 0 Å². The van der Waals surface area contributed by atoms with E-state index in [1.54, 1.807) is 0 Å². The van der Waals surface area contributed by atoms with Crippen LogP contribution in [0.2, 0.25) is 0 Å². The number of ether oxygens (including phenoxy) is 1. The van der Waals surface area contributed by atoms with Crippen LogP contribution < -0.4 is 0 Å². The van der Waals surface area contributed by atoms with E-state index in [-0.39, 0.29) is 0 Å². The van der Waals surface area contributed by atoms with Crippen molar-refractivity contribution < 1.29 is 4.74 Å². The minimum atomic E-state index is 0.686. The van der Waals surface area contributed by atoms with Gasteiger partial charge in [0.15, 0.2) is 0 Å². The zero-order chi connectivity index (χ0) is 9.26. The summed E-state index contributed by atoms with van der Waals surface area (Å²) in [7, 11) is 2.05. The maximum atomic E-state index is 5.57. The molecule has 1 fully saturated rings. The van der Waals surface area contributed by atoms with E-state index < -0.39 is 0 Å². The number of nitrogens with zero attached hydrogens (tertiary/aromatic N) is 1. The Morgan fingerprint density at radius 3 is 3.15 bits per heavy atom. The van der Waals surface area contributed by atoms with Gasteiger partial charge in [-0.3, -0.25) is 4.90 Å². The first-order valence-corrected chi connectivity index (χ1v) is 4.82.